The molecule has 6 nitrogen and oxygen atoms in total. The minimum Gasteiger partial charge on any atom is -0.486 e. The van der Waals surface area contributed by atoms with Gasteiger partial charge in [-0.3, -0.25) is 4.79 Å². The van der Waals surface area contributed by atoms with Crippen LogP contribution in [0.1, 0.15) is 11.1 Å². The number of amides is 1. The molecule has 0 saturated heterocycles. The van der Waals surface area contributed by atoms with Crippen LogP contribution in [0.4, 0.5) is 0 Å². The zero-order valence-corrected chi connectivity index (χ0v) is 14.1. The lowest BCUT2D eigenvalue weighted by Crippen LogP contribution is -2.25. The van der Waals surface area contributed by atoms with Gasteiger partial charge in [0, 0.05) is 30.0 Å². The van der Waals surface area contributed by atoms with E-state index in [0.717, 1.165) is 11.1 Å². The Hall–Kier alpha value is -2.73. The number of halogens is 1. The van der Waals surface area contributed by atoms with Gasteiger partial charge in [0.1, 0.15) is 13.2 Å². The highest BCUT2D eigenvalue weighted by atomic mass is 35.5. The third-order valence-electron chi connectivity index (χ3n) is 4.06. The van der Waals surface area contributed by atoms with Crippen LogP contribution in [-0.4, -0.2) is 28.7 Å². The second-order valence-corrected chi connectivity index (χ2v) is 6.14. The van der Waals surface area contributed by atoms with Crippen LogP contribution in [-0.2, 0) is 17.8 Å². The van der Waals surface area contributed by atoms with E-state index in [4.69, 9.17) is 21.1 Å². The van der Waals surface area contributed by atoms with E-state index in [1.807, 2.05) is 24.4 Å². The first-order chi connectivity index (χ1) is 12.2. The Bertz CT molecular complexity index is 938. The highest BCUT2D eigenvalue weighted by Gasteiger charge is 2.16. The van der Waals surface area contributed by atoms with Crippen molar-refractivity contribution in [2.24, 2.45) is 0 Å². The number of carbonyl (C=O) groups is 1. The van der Waals surface area contributed by atoms with Crippen molar-refractivity contribution in [1.82, 2.24) is 14.9 Å². The third kappa shape index (κ3) is 3.25. The quantitative estimate of drug-likeness (QED) is 0.779. The highest BCUT2D eigenvalue weighted by Crippen LogP contribution is 2.35. The summed E-state index contributed by atoms with van der Waals surface area (Å²) in [6, 6.07) is 9.26. The van der Waals surface area contributed by atoms with E-state index < -0.39 is 0 Å². The van der Waals surface area contributed by atoms with Crippen LogP contribution in [0.3, 0.4) is 0 Å². The molecule has 0 saturated carbocycles. The Balaban J connectivity index is 1.45. The number of benzene rings is 1. The number of hydrogen-bond acceptors (Lipinski definition) is 4. The third-order valence-corrected chi connectivity index (χ3v) is 4.41. The lowest BCUT2D eigenvalue weighted by atomic mass is 10.1. The molecule has 0 aliphatic carbocycles. The average molecular weight is 358 g/mol. The van der Waals surface area contributed by atoms with Crippen LogP contribution in [0, 0.1) is 0 Å². The Kier molecular flexibility index (Phi) is 4.19. The van der Waals surface area contributed by atoms with Gasteiger partial charge in [-0.1, -0.05) is 17.7 Å². The molecule has 0 atom stereocenters. The van der Waals surface area contributed by atoms with Crippen molar-refractivity contribution in [3.8, 4) is 11.5 Å². The summed E-state index contributed by atoms with van der Waals surface area (Å²) in [5, 5.41) is 7.61. The number of fused-ring (bicyclic) bond motifs is 2. The first kappa shape index (κ1) is 15.8. The maximum atomic E-state index is 12.3. The van der Waals surface area contributed by atoms with Gasteiger partial charge in [0.15, 0.2) is 11.5 Å². The number of carbonyl (C=O) groups excluding carboxylic acids is 1. The number of aromatic nitrogens is 2. The molecular weight excluding hydrogens is 342 g/mol. The SMILES string of the molecule is O=C(Cc1cc2c(cc1Cl)OCCO2)NCc1cccn2nccc12. The minimum atomic E-state index is -0.111. The number of rotatable bonds is 4. The van der Waals surface area contributed by atoms with Gasteiger partial charge in [-0.15, -0.1) is 0 Å². The summed E-state index contributed by atoms with van der Waals surface area (Å²) in [5.41, 5.74) is 2.69. The van der Waals surface area contributed by atoms with Crippen LogP contribution in [0.15, 0.2) is 42.7 Å². The molecule has 2 aromatic heterocycles. The summed E-state index contributed by atoms with van der Waals surface area (Å²) in [6.45, 7) is 1.43. The van der Waals surface area contributed by atoms with Gasteiger partial charge in [0.05, 0.1) is 11.9 Å². The Morgan fingerprint density at radius 3 is 2.84 bits per heavy atom. The molecule has 1 aliphatic rings. The molecule has 1 amide bonds. The molecule has 1 N–H and O–H groups in total. The van der Waals surface area contributed by atoms with Crippen molar-refractivity contribution in [2.45, 2.75) is 13.0 Å². The predicted octanol–water partition coefficient (Wildman–Crippen LogP) is 2.62. The number of pyridine rings is 1. The van der Waals surface area contributed by atoms with Crippen LogP contribution in [0.25, 0.3) is 5.52 Å². The normalized spacial score (nSPS) is 13.0. The molecule has 128 valence electrons. The molecule has 0 bridgehead atoms. The standard InChI is InChI=1S/C18H16ClN3O3/c19-14-10-17-16(24-6-7-25-17)8-13(14)9-18(23)20-11-12-2-1-5-22-15(12)3-4-21-22/h1-5,8,10H,6-7,9,11H2,(H,20,23). The van der Waals surface area contributed by atoms with E-state index in [0.29, 0.717) is 41.8 Å². The van der Waals surface area contributed by atoms with Crippen molar-refractivity contribution in [2.75, 3.05) is 13.2 Å². The largest absolute Gasteiger partial charge is 0.486 e. The van der Waals surface area contributed by atoms with E-state index in [1.165, 1.54) is 0 Å². The summed E-state index contributed by atoms with van der Waals surface area (Å²) >= 11 is 6.26. The van der Waals surface area contributed by atoms with Crippen molar-refractivity contribution in [1.29, 1.82) is 0 Å². The molecule has 25 heavy (non-hydrogen) atoms. The molecule has 0 fully saturated rings. The first-order valence-corrected chi connectivity index (χ1v) is 8.34. The van der Waals surface area contributed by atoms with Crippen molar-refractivity contribution in [3.05, 3.63) is 58.9 Å². The highest BCUT2D eigenvalue weighted by molar-refractivity contribution is 6.31. The minimum absolute atomic E-state index is 0.111. The van der Waals surface area contributed by atoms with E-state index in [2.05, 4.69) is 10.4 Å². The Labute approximate surface area is 149 Å². The summed E-state index contributed by atoms with van der Waals surface area (Å²) in [7, 11) is 0. The van der Waals surface area contributed by atoms with Gasteiger partial charge < -0.3 is 14.8 Å². The Morgan fingerprint density at radius 1 is 1.20 bits per heavy atom. The summed E-state index contributed by atoms with van der Waals surface area (Å²) in [5.74, 6) is 1.13. The zero-order chi connectivity index (χ0) is 17.2. The molecule has 3 aromatic rings. The second kappa shape index (κ2) is 6.64. The van der Waals surface area contributed by atoms with Gasteiger partial charge in [-0.25, -0.2) is 4.52 Å². The molecular formula is C18H16ClN3O3. The van der Waals surface area contributed by atoms with E-state index in [9.17, 15) is 4.79 Å². The van der Waals surface area contributed by atoms with Crippen molar-refractivity contribution < 1.29 is 14.3 Å². The van der Waals surface area contributed by atoms with E-state index in [1.54, 1.807) is 22.8 Å². The molecule has 0 unspecified atom stereocenters. The predicted molar refractivity (Wildman–Crippen MR) is 93.2 cm³/mol. The molecule has 1 aromatic carbocycles. The van der Waals surface area contributed by atoms with Crippen LogP contribution >= 0.6 is 11.6 Å². The smallest absolute Gasteiger partial charge is 0.224 e. The topological polar surface area (TPSA) is 64.9 Å². The fraction of sp³-hybridized carbons (Fsp3) is 0.222. The van der Waals surface area contributed by atoms with Crippen LogP contribution < -0.4 is 14.8 Å². The number of ether oxygens (including phenoxy) is 2. The van der Waals surface area contributed by atoms with Gasteiger partial charge in [-0.05, 0) is 29.3 Å². The lowest BCUT2D eigenvalue weighted by molar-refractivity contribution is -0.120. The lowest BCUT2D eigenvalue weighted by Gasteiger charge is -2.19. The first-order valence-electron chi connectivity index (χ1n) is 7.96. The van der Waals surface area contributed by atoms with Crippen LogP contribution in [0.5, 0.6) is 11.5 Å². The summed E-state index contributed by atoms with van der Waals surface area (Å²) in [4.78, 5) is 12.3. The van der Waals surface area contributed by atoms with Crippen molar-refractivity contribution >= 4 is 23.0 Å². The second-order valence-electron chi connectivity index (χ2n) is 5.74. The van der Waals surface area contributed by atoms with Crippen LogP contribution in [0.2, 0.25) is 5.02 Å². The molecule has 0 spiro atoms. The molecule has 3 heterocycles. The maximum Gasteiger partial charge on any atom is 0.224 e. The van der Waals surface area contributed by atoms with E-state index >= 15 is 0 Å². The monoisotopic (exact) mass is 357 g/mol. The van der Waals surface area contributed by atoms with Gasteiger partial charge >= 0.3 is 0 Å². The average Bonchev–Trinajstić information content (AvgIpc) is 3.10. The van der Waals surface area contributed by atoms with Crippen molar-refractivity contribution in [3.63, 3.8) is 0 Å². The Morgan fingerprint density at radius 2 is 2.00 bits per heavy atom. The zero-order valence-electron chi connectivity index (χ0n) is 13.4. The number of nitrogens with zero attached hydrogens (tertiary/aromatic N) is 2. The number of hydrogen-bond donors (Lipinski definition) is 1. The van der Waals surface area contributed by atoms with E-state index in [-0.39, 0.29) is 12.3 Å². The van der Waals surface area contributed by atoms with Gasteiger partial charge in [-0.2, -0.15) is 5.10 Å². The fourth-order valence-corrected chi connectivity index (χ4v) is 3.05. The molecule has 1 aliphatic heterocycles. The summed E-state index contributed by atoms with van der Waals surface area (Å²) < 4.78 is 12.8. The maximum absolute atomic E-state index is 12.3. The van der Waals surface area contributed by atoms with Gasteiger partial charge in [0.2, 0.25) is 5.91 Å². The fourth-order valence-electron chi connectivity index (χ4n) is 2.83. The molecule has 4 rings (SSSR count). The molecule has 0 radical (unpaired) electrons. The molecule has 7 heteroatoms. The summed E-state index contributed by atoms with van der Waals surface area (Å²) in [6.07, 6.45) is 3.78. The number of nitrogens with one attached hydrogen (secondary N) is 1. The van der Waals surface area contributed by atoms with Gasteiger partial charge in [0.25, 0.3) is 0 Å².